The van der Waals surface area contributed by atoms with Gasteiger partial charge in [0.2, 0.25) is 0 Å². The van der Waals surface area contributed by atoms with E-state index >= 15 is 0 Å². The lowest BCUT2D eigenvalue weighted by molar-refractivity contribution is 0.0260. The van der Waals surface area contributed by atoms with E-state index in [1.807, 2.05) is 11.0 Å². The monoisotopic (exact) mass is 345 g/mol. The summed E-state index contributed by atoms with van der Waals surface area (Å²) in [7, 11) is 0. The minimum atomic E-state index is -0.0782. The summed E-state index contributed by atoms with van der Waals surface area (Å²) in [5.41, 5.74) is 1.29. The van der Waals surface area contributed by atoms with Crippen molar-refractivity contribution < 1.29 is 14.3 Å². The van der Waals surface area contributed by atoms with Crippen LogP contribution in [0.3, 0.4) is 0 Å². The van der Waals surface area contributed by atoms with Gasteiger partial charge >= 0.3 is 6.03 Å². The highest BCUT2D eigenvalue weighted by Gasteiger charge is 2.25. The molecule has 0 atom stereocenters. The van der Waals surface area contributed by atoms with Gasteiger partial charge < -0.3 is 15.0 Å². The smallest absolute Gasteiger partial charge is 0.321 e. The summed E-state index contributed by atoms with van der Waals surface area (Å²) in [6.45, 7) is 7.92. The third-order valence-corrected chi connectivity index (χ3v) is 5.04. The topological polar surface area (TPSA) is 61.9 Å². The Kier molecular flexibility index (Phi) is 6.04. The molecule has 6 nitrogen and oxygen atoms in total. The van der Waals surface area contributed by atoms with Crippen LogP contribution in [0.15, 0.2) is 24.3 Å². The number of likely N-dealkylation sites (tertiary alicyclic amines) is 1. The molecule has 2 saturated heterocycles. The first kappa shape index (κ1) is 17.9. The maximum atomic E-state index is 12.4. The van der Waals surface area contributed by atoms with Crippen LogP contribution in [-0.4, -0.2) is 67.6 Å². The highest BCUT2D eigenvalue weighted by molar-refractivity contribution is 5.96. The third kappa shape index (κ3) is 5.03. The van der Waals surface area contributed by atoms with E-state index in [9.17, 15) is 9.59 Å². The summed E-state index contributed by atoms with van der Waals surface area (Å²) in [5.74, 6) is 0.656. The van der Waals surface area contributed by atoms with Crippen LogP contribution < -0.4 is 5.32 Å². The molecule has 0 spiro atoms. The summed E-state index contributed by atoms with van der Waals surface area (Å²) >= 11 is 0. The zero-order valence-electron chi connectivity index (χ0n) is 14.9. The molecule has 0 radical (unpaired) electrons. The molecule has 0 unspecified atom stereocenters. The number of carbonyl (C=O) groups is 2. The molecule has 25 heavy (non-hydrogen) atoms. The van der Waals surface area contributed by atoms with Crippen molar-refractivity contribution in [1.82, 2.24) is 9.80 Å². The number of urea groups is 1. The Hall–Kier alpha value is -1.92. The Morgan fingerprint density at radius 3 is 2.56 bits per heavy atom. The van der Waals surface area contributed by atoms with Gasteiger partial charge in [0.1, 0.15) is 0 Å². The van der Waals surface area contributed by atoms with E-state index < -0.39 is 0 Å². The molecular weight excluding hydrogens is 318 g/mol. The molecule has 1 aromatic rings. The fourth-order valence-electron chi connectivity index (χ4n) is 3.49. The summed E-state index contributed by atoms with van der Waals surface area (Å²) in [6, 6.07) is 7.02. The summed E-state index contributed by atoms with van der Waals surface area (Å²) in [6.07, 6.45) is 2.08. The first-order chi connectivity index (χ1) is 12.1. The van der Waals surface area contributed by atoms with Gasteiger partial charge in [-0.2, -0.15) is 0 Å². The van der Waals surface area contributed by atoms with E-state index in [0.29, 0.717) is 17.2 Å². The number of Topliss-reactive ketones (excluding diaryl/α,β-unsaturated/α-hetero) is 1. The Morgan fingerprint density at radius 2 is 1.88 bits per heavy atom. The van der Waals surface area contributed by atoms with E-state index in [0.717, 1.165) is 58.8 Å². The third-order valence-electron chi connectivity index (χ3n) is 5.04. The molecule has 6 heteroatoms. The van der Waals surface area contributed by atoms with E-state index in [1.54, 1.807) is 18.2 Å². The quantitative estimate of drug-likeness (QED) is 0.852. The molecular formula is C19H27N3O3. The van der Waals surface area contributed by atoms with Crippen LogP contribution in [0.25, 0.3) is 0 Å². The molecule has 2 fully saturated rings. The summed E-state index contributed by atoms with van der Waals surface area (Å²) in [5, 5.41) is 2.91. The number of anilines is 1. The van der Waals surface area contributed by atoms with Crippen molar-refractivity contribution in [2.75, 3.05) is 51.3 Å². The average Bonchev–Trinajstić information content (AvgIpc) is 2.63. The zero-order chi connectivity index (χ0) is 17.6. The fourth-order valence-corrected chi connectivity index (χ4v) is 3.49. The van der Waals surface area contributed by atoms with Crippen LogP contribution >= 0.6 is 0 Å². The summed E-state index contributed by atoms with van der Waals surface area (Å²) < 4.78 is 5.39. The van der Waals surface area contributed by atoms with Crippen molar-refractivity contribution in [3.05, 3.63) is 29.8 Å². The molecule has 2 aliphatic heterocycles. The Balaban J connectivity index is 1.46. The number of piperidine rings is 1. The molecule has 0 aromatic heterocycles. The fraction of sp³-hybridized carbons (Fsp3) is 0.579. The lowest BCUT2D eigenvalue weighted by Crippen LogP contribution is -2.45. The van der Waals surface area contributed by atoms with Gasteiger partial charge in [0.25, 0.3) is 0 Å². The zero-order valence-corrected chi connectivity index (χ0v) is 14.9. The predicted octanol–water partition coefficient (Wildman–Crippen LogP) is 2.47. The molecule has 2 aliphatic rings. The number of amides is 2. The molecule has 0 aliphatic carbocycles. The maximum Gasteiger partial charge on any atom is 0.321 e. The average molecular weight is 345 g/mol. The van der Waals surface area contributed by atoms with Crippen molar-refractivity contribution in [1.29, 1.82) is 0 Å². The molecule has 1 N–H and O–H groups in total. The van der Waals surface area contributed by atoms with Gasteiger partial charge in [0.15, 0.2) is 5.78 Å². The van der Waals surface area contributed by atoms with Crippen molar-refractivity contribution in [3.8, 4) is 0 Å². The van der Waals surface area contributed by atoms with Crippen LogP contribution in [0.5, 0.6) is 0 Å². The molecule has 2 amide bonds. The molecule has 0 saturated carbocycles. The number of nitrogens with one attached hydrogen (secondary N) is 1. The lowest BCUT2D eigenvalue weighted by atomic mass is 9.96. The highest BCUT2D eigenvalue weighted by Crippen LogP contribution is 2.20. The number of hydrogen-bond acceptors (Lipinski definition) is 4. The number of morpholine rings is 1. The Bertz CT molecular complexity index is 606. The van der Waals surface area contributed by atoms with Crippen LogP contribution in [-0.2, 0) is 4.74 Å². The molecule has 3 rings (SSSR count). The number of rotatable bonds is 4. The van der Waals surface area contributed by atoms with E-state index in [2.05, 4.69) is 10.2 Å². The number of carbonyl (C=O) groups excluding carboxylic acids is 2. The second-order valence-corrected chi connectivity index (χ2v) is 6.91. The number of nitrogens with zero attached hydrogens (tertiary/aromatic N) is 2. The molecule has 1 aromatic carbocycles. The van der Waals surface area contributed by atoms with Crippen molar-refractivity contribution in [2.45, 2.75) is 19.8 Å². The number of ether oxygens (including phenoxy) is 1. The molecule has 0 bridgehead atoms. The predicted molar refractivity (Wildman–Crippen MR) is 97.0 cm³/mol. The van der Waals surface area contributed by atoms with Crippen LogP contribution in [0.4, 0.5) is 10.5 Å². The minimum absolute atomic E-state index is 0.0000241. The van der Waals surface area contributed by atoms with Crippen LogP contribution in [0.2, 0.25) is 0 Å². The van der Waals surface area contributed by atoms with Gasteiger partial charge in [0.05, 0.1) is 13.2 Å². The van der Waals surface area contributed by atoms with Crippen LogP contribution in [0.1, 0.15) is 30.1 Å². The molecule has 2 heterocycles. The van der Waals surface area contributed by atoms with Crippen LogP contribution in [0, 0.1) is 5.92 Å². The first-order valence-electron chi connectivity index (χ1n) is 9.09. The Morgan fingerprint density at radius 1 is 1.16 bits per heavy atom. The number of benzene rings is 1. The minimum Gasteiger partial charge on any atom is -0.379 e. The normalized spacial score (nSPS) is 19.6. The van der Waals surface area contributed by atoms with Gasteiger partial charge in [-0.05, 0) is 37.8 Å². The van der Waals surface area contributed by atoms with Crippen molar-refractivity contribution in [3.63, 3.8) is 0 Å². The second kappa shape index (κ2) is 8.45. The van der Waals surface area contributed by atoms with Gasteiger partial charge in [0, 0.05) is 44.0 Å². The number of hydrogen-bond donors (Lipinski definition) is 1. The number of ketones is 1. The van der Waals surface area contributed by atoms with E-state index in [4.69, 9.17) is 4.74 Å². The standard InChI is InChI=1S/C19H27N3O3/c1-15(23)17-3-2-4-18(13-17)20-19(24)22-7-5-16(6-8-22)14-21-9-11-25-12-10-21/h2-4,13,16H,5-12,14H2,1H3,(H,20,24). The summed E-state index contributed by atoms with van der Waals surface area (Å²) in [4.78, 5) is 28.2. The second-order valence-electron chi connectivity index (χ2n) is 6.91. The lowest BCUT2D eigenvalue weighted by Gasteiger charge is -2.36. The largest absolute Gasteiger partial charge is 0.379 e. The van der Waals surface area contributed by atoms with Gasteiger partial charge in [-0.1, -0.05) is 12.1 Å². The van der Waals surface area contributed by atoms with Crippen molar-refractivity contribution >= 4 is 17.5 Å². The Labute approximate surface area is 149 Å². The van der Waals surface area contributed by atoms with Gasteiger partial charge in [-0.25, -0.2) is 4.79 Å². The van der Waals surface area contributed by atoms with Crippen molar-refractivity contribution in [2.24, 2.45) is 5.92 Å². The SMILES string of the molecule is CC(=O)c1cccc(NC(=O)N2CCC(CN3CCOCC3)CC2)c1. The van der Waals surface area contributed by atoms with E-state index in [-0.39, 0.29) is 11.8 Å². The maximum absolute atomic E-state index is 12.4. The highest BCUT2D eigenvalue weighted by atomic mass is 16.5. The van der Waals surface area contributed by atoms with E-state index in [1.165, 1.54) is 6.92 Å². The molecule has 136 valence electrons. The van der Waals surface area contributed by atoms with Gasteiger partial charge in [-0.3, -0.25) is 9.69 Å². The van der Waals surface area contributed by atoms with Gasteiger partial charge in [-0.15, -0.1) is 0 Å². The first-order valence-corrected chi connectivity index (χ1v) is 9.09.